The van der Waals surface area contributed by atoms with Crippen LogP contribution in [0.5, 0.6) is 5.75 Å². The van der Waals surface area contributed by atoms with E-state index < -0.39 is 11.6 Å². The Labute approximate surface area is 156 Å². The number of carbonyl (C=O) groups is 1. The predicted octanol–water partition coefficient (Wildman–Crippen LogP) is 2.78. The van der Waals surface area contributed by atoms with Crippen molar-refractivity contribution in [1.82, 2.24) is 10.6 Å². The van der Waals surface area contributed by atoms with Crippen LogP contribution in [0.1, 0.15) is 23.5 Å². The Hall–Kier alpha value is -2.47. The van der Waals surface area contributed by atoms with Crippen molar-refractivity contribution in [2.75, 3.05) is 19.7 Å². The number of hydrogen-bond acceptors (Lipinski definition) is 3. The first-order valence-corrected chi connectivity index (χ1v) is 9.28. The molecule has 2 aliphatic heterocycles. The van der Waals surface area contributed by atoms with Crippen molar-refractivity contribution in [1.29, 1.82) is 0 Å². The minimum atomic E-state index is -0.617. The van der Waals surface area contributed by atoms with Gasteiger partial charge in [0, 0.05) is 37.5 Å². The molecule has 4 rings (SSSR count). The molecule has 2 aliphatic rings. The van der Waals surface area contributed by atoms with Crippen LogP contribution in [0.25, 0.3) is 0 Å². The Balaban J connectivity index is 1.47. The van der Waals surface area contributed by atoms with E-state index in [1.165, 1.54) is 12.1 Å². The normalized spacial score (nSPS) is 24.6. The van der Waals surface area contributed by atoms with Crippen LogP contribution >= 0.6 is 0 Å². The topological polar surface area (TPSA) is 50.4 Å². The van der Waals surface area contributed by atoms with Crippen molar-refractivity contribution >= 4 is 5.91 Å². The first-order valence-electron chi connectivity index (χ1n) is 9.28. The van der Waals surface area contributed by atoms with Crippen LogP contribution in [0.4, 0.5) is 8.78 Å². The first kappa shape index (κ1) is 17.9. The van der Waals surface area contributed by atoms with E-state index in [1.54, 1.807) is 0 Å². The van der Waals surface area contributed by atoms with Crippen molar-refractivity contribution in [3.8, 4) is 5.75 Å². The van der Waals surface area contributed by atoms with E-state index in [-0.39, 0.29) is 23.8 Å². The van der Waals surface area contributed by atoms with Crippen LogP contribution in [0.15, 0.2) is 42.5 Å². The molecular formula is C21H22F2N2O2. The molecule has 1 saturated heterocycles. The summed E-state index contributed by atoms with van der Waals surface area (Å²) in [6.45, 7) is 1.56. The van der Waals surface area contributed by atoms with Crippen molar-refractivity contribution in [3.05, 3.63) is 65.2 Å². The van der Waals surface area contributed by atoms with E-state index in [1.807, 2.05) is 24.3 Å². The monoisotopic (exact) mass is 372 g/mol. The third kappa shape index (κ3) is 3.95. The molecule has 1 unspecified atom stereocenters. The van der Waals surface area contributed by atoms with Gasteiger partial charge in [0.2, 0.25) is 5.91 Å². The number of ether oxygens (including phenoxy) is 1. The molecule has 0 aliphatic carbocycles. The van der Waals surface area contributed by atoms with E-state index in [2.05, 4.69) is 10.6 Å². The van der Waals surface area contributed by atoms with Crippen LogP contribution in [0, 0.1) is 17.6 Å². The standard InChI is InChI=1S/C21H22F2N2O2/c22-15-7-14(8-16(23)10-15)18-11-24-12-19(18)21(26)25-17-5-6-27-20-4-2-1-3-13(20)9-17/h1-4,7-8,10,17-19,24H,5-6,9,11-12H2,(H,25,26)/t17?,18-,19+/m0/s1. The lowest BCUT2D eigenvalue weighted by atomic mass is 9.87. The van der Waals surface area contributed by atoms with Crippen LogP contribution in [0.3, 0.4) is 0 Å². The Morgan fingerprint density at radius 3 is 2.70 bits per heavy atom. The Morgan fingerprint density at radius 2 is 1.89 bits per heavy atom. The largest absolute Gasteiger partial charge is 0.493 e. The quantitative estimate of drug-likeness (QED) is 0.871. The van der Waals surface area contributed by atoms with Gasteiger partial charge in [-0.05, 0) is 35.7 Å². The van der Waals surface area contributed by atoms with Gasteiger partial charge in [0.05, 0.1) is 12.5 Å². The molecule has 2 aromatic rings. The third-order valence-electron chi connectivity index (χ3n) is 5.37. The van der Waals surface area contributed by atoms with E-state index in [4.69, 9.17) is 4.74 Å². The molecule has 1 amide bonds. The number of carbonyl (C=O) groups excluding carboxylic acids is 1. The zero-order valence-corrected chi connectivity index (χ0v) is 14.9. The van der Waals surface area contributed by atoms with Crippen LogP contribution in [-0.2, 0) is 11.2 Å². The predicted molar refractivity (Wildman–Crippen MR) is 97.6 cm³/mol. The molecule has 6 heteroatoms. The van der Waals surface area contributed by atoms with Crippen LogP contribution < -0.4 is 15.4 Å². The summed E-state index contributed by atoms with van der Waals surface area (Å²) < 4.78 is 32.9. The number of benzene rings is 2. The van der Waals surface area contributed by atoms with Gasteiger partial charge < -0.3 is 15.4 Å². The smallest absolute Gasteiger partial charge is 0.225 e. The van der Waals surface area contributed by atoms with Gasteiger partial charge in [0.25, 0.3) is 0 Å². The fourth-order valence-electron chi connectivity index (χ4n) is 4.02. The minimum absolute atomic E-state index is 0.0216. The molecule has 27 heavy (non-hydrogen) atoms. The van der Waals surface area contributed by atoms with Crippen LogP contribution in [0.2, 0.25) is 0 Å². The number of para-hydroxylation sites is 1. The maximum Gasteiger partial charge on any atom is 0.225 e. The van der Waals surface area contributed by atoms with E-state index in [0.29, 0.717) is 31.7 Å². The number of rotatable bonds is 3. The maximum absolute atomic E-state index is 13.6. The van der Waals surface area contributed by atoms with Gasteiger partial charge >= 0.3 is 0 Å². The summed E-state index contributed by atoms with van der Waals surface area (Å²) in [7, 11) is 0. The highest BCUT2D eigenvalue weighted by atomic mass is 19.1. The number of nitrogens with one attached hydrogen (secondary N) is 2. The molecule has 0 spiro atoms. The Bertz CT molecular complexity index is 822. The van der Waals surface area contributed by atoms with E-state index >= 15 is 0 Å². The average molecular weight is 372 g/mol. The van der Waals surface area contributed by atoms with Gasteiger partial charge in [0.15, 0.2) is 0 Å². The summed E-state index contributed by atoms with van der Waals surface area (Å²) in [6.07, 6.45) is 1.43. The zero-order valence-electron chi connectivity index (χ0n) is 14.9. The molecular weight excluding hydrogens is 350 g/mol. The van der Waals surface area contributed by atoms with Gasteiger partial charge in [-0.3, -0.25) is 4.79 Å². The second-order valence-corrected chi connectivity index (χ2v) is 7.23. The van der Waals surface area contributed by atoms with E-state index in [0.717, 1.165) is 23.8 Å². The maximum atomic E-state index is 13.6. The third-order valence-corrected chi connectivity index (χ3v) is 5.37. The molecule has 2 heterocycles. The molecule has 4 nitrogen and oxygen atoms in total. The molecule has 0 saturated carbocycles. The van der Waals surface area contributed by atoms with Gasteiger partial charge in [-0.2, -0.15) is 0 Å². The molecule has 142 valence electrons. The summed E-state index contributed by atoms with van der Waals surface area (Å²) in [4.78, 5) is 12.9. The molecule has 3 atom stereocenters. The number of halogens is 2. The summed E-state index contributed by atoms with van der Waals surface area (Å²) in [5, 5.41) is 6.30. The van der Waals surface area contributed by atoms with Crippen LogP contribution in [-0.4, -0.2) is 31.6 Å². The fraction of sp³-hybridized carbons (Fsp3) is 0.381. The summed E-state index contributed by atoms with van der Waals surface area (Å²) >= 11 is 0. The Kier molecular flexibility index (Phi) is 5.07. The average Bonchev–Trinajstić information content (AvgIpc) is 3.03. The minimum Gasteiger partial charge on any atom is -0.493 e. The second kappa shape index (κ2) is 7.64. The summed E-state index contributed by atoms with van der Waals surface area (Å²) in [5.74, 6) is -1.05. The number of fused-ring (bicyclic) bond motifs is 1. The van der Waals surface area contributed by atoms with E-state index in [9.17, 15) is 13.6 Å². The zero-order chi connectivity index (χ0) is 18.8. The van der Waals surface area contributed by atoms with Gasteiger partial charge in [0.1, 0.15) is 17.4 Å². The first-order chi connectivity index (χ1) is 13.1. The lowest BCUT2D eigenvalue weighted by Crippen LogP contribution is -2.42. The highest BCUT2D eigenvalue weighted by Gasteiger charge is 2.35. The lowest BCUT2D eigenvalue weighted by molar-refractivity contribution is -0.125. The summed E-state index contributed by atoms with van der Waals surface area (Å²) in [6, 6.07) is 11.3. The Morgan fingerprint density at radius 1 is 1.11 bits per heavy atom. The highest BCUT2D eigenvalue weighted by Crippen LogP contribution is 2.30. The molecule has 0 aromatic heterocycles. The fourth-order valence-corrected chi connectivity index (χ4v) is 4.02. The molecule has 0 bridgehead atoms. The second-order valence-electron chi connectivity index (χ2n) is 7.23. The molecule has 1 fully saturated rings. The van der Waals surface area contributed by atoms with Crippen molar-refractivity contribution in [3.63, 3.8) is 0 Å². The van der Waals surface area contributed by atoms with Gasteiger partial charge in [-0.15, -0.1) is 0 Å². The highest BCUT2D eigenvalue weighted by molar-refractivity contribution is 5.81. The SMILES string of the molecule is O=C(NC1CCOc2ccccc2C1)[C@@H]1CNC[C@H]1c1cc(F)cc(F)c1. The summed E-state index contributed by atoms with van der Waals surface area (Å²) in [5.41, 5.74) is 1.60. The lowest BCUT2D eigenvalue weighted by Gasteiger charge is -2.22. The molecule has 2 N–H and O–H groups in total. The molecule has 0 radical (unpaired) electrons. The molecule has 2 aromatic carbocycles. The number of hydrogen-bond donors (Lipinski definition) is 2. The number of amides is 1. The van der Waals surface area contributed by atoms with Crippen molar-refractivity contribution in [2.24, 2.45) is 5.92 Å². The van der Waals surface area contributed by atoms with Gasteiger partial charge in [-0.25, -0.2) is 8.78 Å². The van der Waals surface area contributed by atoms with Gasteiger partial charge in [-0.1, -0.05) is 18.2 Å². The van der Waals surface area contributed by atoms with Crippen molar-refractivity contribution in [2.45, 2.75) is 24.8 Å². The van der Waals surface area contributed by atoms with Crippen molar-refractivity contribution < 1.29 is 18.3 Å².